The van der Waals surface area contributed by atoms with Crippen molar-refractivity contribution >= 4 is 46.7 Å². The van der Waals surface area contributed by atoms with E-state index in [4.69, 9.17) is 9.47 Å². The number of benzene rings is 3. The fraction of sp³-hybridized carbons (Fsp3) is 0.364. The van der Waals surface area contributed by atoms with E-state index in [1.165, 1.54) is 11.3 Å². The van der Waals surface area contributed by atoms with E-state index in [9.17, 15) is 33.9 Å². The predicted molar refractivity (Wildman–Crippen MR) is 212 cm³/mol. The number of nitrogens with one attached hydrogen (secondary N) is 2. The summed E-state index contributed by atoms with van der Waals surface area (Å²) in [4.78, 5) is 81.8. The number of amides is 2. The molecule has 0 saturated carbocycles. The van der Waals surface area contributed by atoms with Gasteiger partial charge in [-0.2, -0.15) is 0 Å². The molecule has 2 bridgehead atoms. The maximum Gasteiger partial charge on any atom is 0.307 e. The molecule has 11 nitrogen and oxygen atoms in total. The molecule has 4 aromatic rings. The highest BCUT2D eigenvalue weighted by Gasteiger charge is 2.33. The minimum absolute atomic E-state index is 0.00900. The molecule has 3 aromatic carbocycles. The van der Waals surface area contributed by atoms with E-state index in [0.29, 0.717) is 11.3 Å². The fourth-order valence-corrected chi connectivity index (χ4v) is 7.29. The van der Waals surface area contributed by atoms with Crippen LogP contribution in [0.1, 0.15) is 62.5 Å². The first kappa shape index (κ1) is 41.5. The van der Waals surface area contributed by atoms with Crippen LogP contribution in [0.4, 0.5) is 0 Å². The van der Waals surface area contributed by atoms with Crippen LogP contribution < -0.4 is 15.4 Å². The number of fused-ring (bicyclic) bond motifs is 16. The molecule has 2 aliphatic rings. The van der Waals surface area contributed by atoms with Crippen LogP contribution in [-0.2, 0) is 52.8 Å². The molecule has 4 atom stereocenters. The van der Waals surface area contributed by atoms with Crippen LogP contribution in [0.2, 0.25) is 0 Å². The monoisotopic (exact) mass is 780 g/mol. The van der Waals surface area contributed by atoms with Gasteiger partial charge in [0, 0.05) is 36.5 Å². The fourth-order valence-electron chi connectivity index (χ4n) is 6.50. The van der Waals surface area contributed by atoms with Gasteiger partial charge < -0.3 is 25.2 Å². The molecule has 12 heteroatoms. The molecule has 2 aliphatic heterocycles. The van der Waals surface area contributed by atoms with Crippen molar-refractivity contribution in [3.63, 3.8) is 0 Å². The minimum Gasteiger partial charge on any atom is -0.486 e. The second-order valence-corrected chi connectivity index (χ2v) is 16.1. The summed E-state index contributed by atoms with van der Waals surface area (Å²) >= 11 is 1.45. The smallest absolute Gasteiger partial charge is 0.307 e. The van der Waals surface area contributed by atoms with Crippen molar-refractivity contribution in [3.05, 3.63) is 112 Å². The van der Waals surface area contributed by atoms with Gasteiger partial charge in [0.2, 0.25) is 11.8 Å². The van der Waals surface area contributed by atoms with Crippen molar-refractivity contribution in [2.75, 3.05) is 6.61 Å². The first-order valence-corrected chi connectivity index (χ1v) is 19.6. The van der Waals surface area contributed by atoms with Gasteiger partial charge in [0.15, 0.2) is 11.6 Å². The van der Waals surface area contributed by atoms with Gasteiger partial charge in [0.05, 0.1) is 12.0 Å². The molecule has 0 spiro atoms. The van der Waals surface area contributed by atoms with Crippen molar-refractivity contribution in [1.29, 1.82) is 0 Å². The van der Waals surface area contributed by atoms with E-state index < -0.39 is 65.5 Å². The largest absolute Gasteiger partial charge is 0.486 e. The summed E-state index contributed by atoms with van der Waals surface area (Å²) in [6.45, 7) is 4.85. The van der Waals surface area contributed by atoms with Gasteiger partial charge in [-0.25, -0.2) is 0 Å². The van der Waals surface area contributed by atoms with E-state index in [-0.39, 0.29) is 50.9 Å². The Hall–Kier alpha value is -5.62. The van der Waals surface area contributed by atoms with Crippen molar-refractivity contribution in [2.45, 2.75) is 83.4 Å². The summed E-state index contributed by atoms with van der Waals surface area (Å²) in [6, 6.07) is 25.1. The number of carboxylic acid groups (broad SMARTS) is 1. The predicted octanol–water partition coefficient (Wildman–Crippen LogP) is 6.16. The molecule has 3 N–H and O–H groups in total. The quantitative estimate of drug-likeness (QED) is 0.169. The Morgan fingerprint density at radius 1 is 0.786 bits per heavy atom. The molecule has 6 rings (SSSR count). The number of rotatable bonds is 9. The summed E-state index contributed by atoms with van der Waals surface area (Å²) in [7, 11) is 0. The number of ketones is 2. The molecule has 56 heavy (non-hydrogen) atoms. The molecular weight excluding hydrogens is 733 g/mol. The lowest BCUT2D eigenvalue weighted by Crippen LogP contribution is -2.54. The average molecular weight is 781 g/mol. The highest BCUT2D eigenvalue weighted by molar-refractivity contribution is 7.09. The van der Waals surface area contributed by atoms with Crippen molar-refractivity contribution < 1.29 is 43.3 Å². The molecule has 0 fully saturated rings. The Labute approximate surface area is 330 Å². The average Bonchev–Trinajstić information content (AvgIpc) is 3.68. The third-order valence-electron chi connectivity index (χ3n) is 9.37. The first-order chi connectivity index (χ1) is 26.7. The van der Waals surface area contributed by atoms with Gasteiger partial charge in [-0.1, -0.05) is 72.8 Å². The Bertz CT molecular complexity index is 1970. The summed E-state index contributed by atoms with van der Waals surface area (Å²) in [5.74, 6) is -5.51. The number of Topliss-reactive ketones (excluding diaryl/α,β-unsaturated/α-hetero) is 2. The molecular formula is C44H48N2O9S. The minimum atomic E-state index is -1.27. The van der Waals surface area contributed by atoms with Crippen molar-refractivity contribution in [3.8, 4) is 16.9 Å². The third kappa shape index (κ3) is 12.7. The van der Waals surface area contributed by atoms with Crippen molar-refractivity contribution in [2.24, 2.45) is 11.8 Å². The zero-order chi connectivity index (χ0) is 40.2. The van der Waals surface area contributed by atoms with Crippen molar-refractivity contribution in [1.82, 2.24) is 10.6 Å². The van der Waals surface area contributed by atoms with Gasteiger partial charge in [-0.3, -0.25) is 28.8 Å². The van der Waals surface area contributed by atoms with Crippen LogP contribution in [0.15, 0.2) is 96.4 Å². The SMILES string of the molecule is CC(C)(C)OC(=O)CC[C@@H]1NC(=O)[C@H](Cc2ccc(-c3ccccc3)cc2)NC(=O)[C@H](Cc2cccs2)CC(=O)COc2ccc(cc2)C[C@@H](C(=O)O)CC1=O. The molecule has 3 heterocycles. The van der Waals surface area contributed by atoms with Gasteiger partial charge >= 0.3 is 11.9 Å². The second kappa shape index (κ2) is 19.3. The van der Waals surface area contributed by atoms with Crippen LogP contribution in [0.25, 0.3) is 11.1 Å². The van der Waals surface area contributed by atoms with Gasteiger partial charge in [-0.05, 0) is 85.9 Å². The van der Waals surface area contributed by atoms with E-state index in [1.54, 1.807) is 45.0 Å². The zero-order valence-corrected chi connectivity index (χ0v) is 32.6. The van der Waals surface area contributed by atoms with Crippen LogP contribution in [-0.4, -0.2) is 64.7 Å². The lowest BCUT2D eigenvalue weighted by Gasteiger charge is -2.26. The van der Waals surface area contributed by atoms with Gasteiger partial charge in [0.25, 0.3) is 0 Å². The topological polar surface area (TPSA) is 165 Å². The molecule has 294 valence electrons. The molecule has 0 radical (unpaired) electrons. The number of thiophene rings is 1. The Morgan fingerprint density at radius 3 is 2.11 bits per heavy atom. The number of ether oxygens (including phenoxy) is 2. The molecule has 0 unspecified atom stereocenters. The standard InChI is InChI=1S/C44H48N2O9S/c1-44(2,3)55-40(49)20-19-37-39(48)26-33(43(52)53)22-28-13-17-35(18-14-28)54-27-34(47)24-32(25-36-10-7-21-56-36)41(50)46-38(42(51)45-37)23-29-11-15-31(16-12-29)30-8-5-4-6-9-30/h4-18,21,32-33,37-38H,19-20,22-27H2,1-3H3,(H,45,51)(H,46,50)(H,52,53)/t32-,33+,37-,38-/m0/s1. The lowest BCUT2D eigenvalue weighted by molar-refractivity contribution is -0.155. The summed E-state index contributed by atoms with van der Waals surface area (Å²) in [6.07, 6.45) is -0.668. The summed E-state index contributed by atoms with van der Waals surface area (Å²) in [5, 5.41) is 17.7. The van der Waals surface area contributed by atoms with Gasteiger partial charge in [-0.15, -0.1) is 11.3 Å². The highest BCUT2D eigenvalue weighted by atomic mass is 32.1. The molecule has 0 saturated heterocycles. The molecule has 0 aliphatic carbocycles. The maximum atomic E-state index is 14.3. The number of carbonyl (C=O) groups is 6. The Kier molecular flexibility index (Phi) is 14.3. The first-order valence-electron chi connectivity index (χ1n) is 18.7. The normalized spacial score (nSPS) is 20.1. The van der Waals surface area contributed by atoms with Crippen LogP contribution in [0.3, 0.4) is 0 Å². The molecule has 1 aromatic heterocycles. The maximum absolute atomic E-state index is 14.3. The molecule has 2 amide bonds. The number of hydrogen-bond acceptors (Lipinski definition) is 9. The number of carbonyl (C=O) groups excluding carboxylic acids is 5. The van der Waals surface area contributed by atoms with E-state index in [0.717, 1.165) is 21.6 Å². The Balaban J connectivity index is 1.49. The lowest BCUT2D eigenvalue weighted by atomic mass is 9.90. The third-order valence-corrected chi connectivity index (χ3v) is 10.3. The summed E-state index contributed by atoms with van der Waals surface area (Å²) in [5.41, 5.74) is 2.51. The van der Waals surface area contributed by atoms with Crippen LogP contribution in [0, 0.1) is 11.8 Å². The number of aliphatic carboxylic acids is 1. The summed E-state index contributed by atoms with van der Waals surface area (Å²) < 4.78 is 11.2. The van der Waals surface area contributed by atoms with E-state index in [2.05, 4.69) is 10.6 Å². The van der Waals surface area contributed by atoms with E-state index >= 15 is 0 Å². The second-order valence-electron chi connectivity index (χ2n) is 15.1. The Morgan fingerprint density at radius 2 is 1.46 bits per heavy atom. The van der Waals surface area contributed by atoms with E-state index in [1.807, 2.05) is 72.1 Å². The van der Waals surface area contributed by atoms with Crippen LogP contribution >= 0.6 is 11.3 Å². The highest BCUT2D eigenvalue weighted by Crippen LogP contribution is 2.23. The number of hydrogen-bond donors (Lipinski definition) is 3. The zero-order valence-electron chi connectivity index (χ0n) is 31.8. The number of esters is 1. The van der Waals surface area contributed by atoms with Gasteiger partial charge in [0.1, 0.15) is 24.0 Å². The van der Waals surface area contributed by atoms with Crippen LogP contribution in [0.5, 0.6) is 5.75 Å². The number of carboxylic acids is 1.